The lowest BCUT2D eigenvalue weighted by Gasteiger charge is -2.17. The number of anilines is 2. The van der Waals surface area contributed by atoms with Crippen molar-refractivity contribution in [3.8, 4) is 0 Å². The highest BCUT2D eigenvalue weighted by atomic mass is 32.1. The van der Waals surface area contributed by atoms with Crippen molar-refractivity contribution in [2.45, 2.75) is 26.2 Å². The minimum Gasteiger partial charge on any atom is -0.321 e. The van der Waals surface area contributed by atoms with E-state index in [1.165, 1.54) is 11.3 Å². The number of carbonyl (C=O) groups excluding carboxylic acids is 2. The zero-order valence-electron chi connectivity index (χ0n) is 14.8. The lowest BCUT2D eigenvalue weighted by Crippen LogP contribution is -2.28. The van der Waals surface area contributed by atoms with Gasteiger partial charge in [0.15, 0.2) is 0 Å². The Morgan fingerprint density at radius 2 is 2.19 bits per heavy atom. The molecule has 0 radical (unpaired) electrons. The van der Waals surface area contributed by atoms with Crippen LogP contribution < -0.4 is 10.2 Å². The molecule has 0 saturated heterocycles. The molecule has 0 fully saturated rings. The summed E-state index contributed by atoms with van der Waals surface area (Å²) in [5, 5.41) is 8.87. The number of aryl methyl sites for hydroxylation is 1. The lowest BCUT2D eigenvalue weighted by atomic mass is 10.1. The van der Waals surface area contributed by atoms with E-state index in [-0.39, 0.29) is 11.8 Å². The van der Waals surface area contributed by atoms with Crippen molar-refractivity contribution in [2.75, 3.05) is 16.8 Å². The van der Waals surface area contributed by atoms with Crippen molar-refractivity contribution >= 4 is 46.1 Å². The van der Waals surface area contributed by atoms with Gasteiger partial charge in [-0.25, -0.2) is 0 Å². The van der Waals surface area contributed by atoms with Crippen LogP contribution in [0.25, 0.3) is 0 Å². The molecule has 6 nitrogen and oxygen atoms in total. The Labute approximate surface area is 165 Å². The van der Waals surface area contributed by atoms with Crippen LogP contribution in [-0.2, 0) is 12.8 Å². The second-order valence-electron chi connectivity index (χ2n) is 6.28. The van der Waals surface area contributed by atoms with Gasteiger partial charge < -0.3 is 10.2 Å². The first-order valence-electron chi connectivity index (χ1n) is 8.78. The standard InChI is InChI=1S/C19H18N4O2S2/c1-2-4-14-17(27-22-21-14)18(24)20-13-7-6-12-8-9-23(15(12)11-13)19(25)16-5-3-10-26-16/h3,5-7,10-11H,2,4,8-9H2,1H3,(H,20,24). The van der Waals surface area contributed by atoms with E-state index < -0.39 is 0 Å². The van der Waals surface area contributed by atoms with Gasteiger partial charge >= 0.3 is 0 Å². The van der Waals surface area contributed by atoms with Crippen molar-refractivity contribution in [2.24, 2.45) is 0 Å². The molecule has 0 spiro atoms. The van der Waals surface area contributed by atoms with Gasteiger partial charge in [-0.1, -0.05) is 30.0 Å². The number of rotatable bonds is 5. The third-order valence-electron chi connectivity index (χ3n) is 4.46. The molecule has 1 aliphatic heterocycles. The van der Waals surface area contributed by atoms with E-state index in [2.05, 4.69) is 14.9 Å². The molecule has 0 atom stereocenters. The molecule has 138 valence electrons. The maximum atomic E-state index is 12.7. The van der Waals surface area contributed by atoms with E-state index in [1.54, 1.807) is 4.90 Å². The molecule has 0 unspecified atom stereocenters. The van der Waals surface area contributed by atoms with Crippen molar-refractivity contribution in [1.29, 1.82) is 0 Å². The first kappa shape index (κ1) is 17.8. The molecule has 1 aromatic carbocycles. The van der Waals surface area contributed by atoms with Gasteiger partial charge in [-0.3, -0.25) is 9.59 Å². The number of hydrogen-bond acceptors (Lipinski definition) is 6. The van der Waals surface area contributed by atoms with Crippen LogP contribution in [0, 0.1) is 0 Å². The van der Waals surface area contributed by atoms with Crippen LogP contribution in [0.1, 0.15) is 43.9 Å². The fraction of sp³-hybridized carbons (Fsp3) is 0.263. The zero-order valence-corrected chi connectivity index (χ0v) is 16.4. The highest BCUT2D eigenvalue weighted by Crippen LogP contribution is 2.33. The van der Waals surface area contributed by atoms with Crippen LogP contribution in [0.3, 0.4) is 0 Å². The first-order valence-corrected chi connectivity index (χ1v) is 10.4. The van der Waals surface area contributed by atoms with E-state index in [0.717, 1.165) is 52.6 Å². The maximum absolute atomic E-state index is 12.7. The van der Waals surface area contributed by atoms with E-state index >= 15 is 0 Å². The first-order chi connectivity index (χ1) is 13.2. The number of hydrogen-bond donors (Lipinski definition) is 1. The fourth-order valence-electron chi connectivity index (χ4n) is 3.17. The van der Waals surface area contributed by atoms with E-state index in [0.29, 0.717) is 17.1 Å². The van der Waals surface area contributed by atoms with Crippen molar-refractivity contribution in [3.63, 3.8) is 0 Å². The van der Waals surface area contributed by atoms with E-state index in [1.807, 2.05) is 42.6 Å². The minimum atomic E-state index is -0.206. The highest BCUT2D eigenvalue weighted by molar-refractivity contribution is 7.12. The quantitative estimate of drug-likeness (QED) is 0.705. The topological polar surface area (TPSA) is 75.2 Å². The van der Waals surface area contributed by atoms with Gasteiger partial charge in [-0.2, -0.15) is 0 Å². The Bertz CT molecular complexity index is 982. The molecule has 0 saturated carbocycles. The Balaban J connectivity index is 1.56. The van der Waals surface area contributed by atoms with E-state index in [4.69, 9.17) is 0 Å². The van der Waals surface area contributed by atoms with Crippen LogP contribution in [-0.4, -0.2) is 27.9 Å². The average Bonchev–Trinajstić information content (AvgIpc) is 3.41. The van der Waals surface area contributed by atoms with Gasteiger partial charge in [-0.05, 0) is 53.5 Å². The summed E-state index contributed by atoms with van der Waals surface area (Å²) in [5.74, 6) is -0.202. The predicted molar refractivity (Wildman–Crippen MR) is 108 cm³/mol. The molecule has 0 aliphatic carbocycles. The highest BCUT2D eigenvalue weighted by Gasteiger charge is 2.27. The molecule has 1 N–H and O–H groups in total. The number of nitrogens with zero attached hydrogens (tertiary/aromatic N) is 3. The van der Waals surface area contributed by atoms with Gasteiger partial charge in [0, 0.05) is 17.9 Å². The van der Waals surface area contributed by atoms with Crippen LogP contribution >= 0.6 is 22.9 Å². The van der Waals surface area contributed by atoms with Gasteiger partial charge in [0.25, 0.3) is 11.8 Å². The number of benzene rings is 1. The average molecular weight is 399 g/mol. The van der Waals surface area contributed by atoms with Gasteiger partial charge in [0.2, 0.25) is 0 Å². The van der Waals surface area contributed by atoms with Crippen LogP contribution in [0.2, 0.25) is 0 Å². The maximum Gasteiger partial charge on any atom is 0.269 e. The Morgan fingerprint density at radius 1 is 1.30 bits per heavy atom. The number of amides is 2. The molecule has 27 heavy (non-hydrogen) atoms. The molecular weight excluding hydrogens is 380 g/mol. The molecule has 2 aromatic heterocycles. The third-order valence-corrected chi connectivity index (χ3v) is 6.09. The molecule has 4 rings (SSSR count). The Morgan fingerprint density at radius 3 is 2.96 bits per heavy atom. The summed E-state index contributed by atoms with van der Waals surface area (Å²) < 4.78 is 3.90. The second-order valence-corrected chi connectivity index (χ2v) is 7.98. The molecule has 3 heterocycles. The number of fused-ring (bicyclic) bond motifs is 1. The number of aromatic nitrogens is 2. The van der Waals surface area contributed by atoms with E-state index in [9.17, 15) is 9.59 Å². The lowest BCUT2D eigenvalue weighted by molar-refractivity contribution is 0.0991. The summed E-state index contributed by atoms with van der Waals surface area (Å²) in [7, 11) is 0. The molecule has 8 heteroatoms. The molecular formula is C19H18N4O2S2. The molecule has 3 aromatic rings. The monoisotopic (exact) mass is 398 g/mol. The summed E-state index contributed by atoms with van der Waals surface area (Å²) in [4.78, 5) is 28.4. The predicted octanol–water partition coefficient (Wildman–Crippen LogP) is 4.01. The van der Waals surface area contributed by atoms with Gasteiger partial charge in [0.1, 0.15) is 4.88 Å². The largest absolute Gasteiger partial charge is 0.321 e. The van der Waals surface area contributed by atoms with Crippen molar-refractivity contribution < 1.29 is 9.59 Å². The van der Waals surface area contributed by atoms with Gasteiger partial charge in [-0.15, -0.1) is 16.4 Å². The number of nitrogens with one attached hydrogen (secondary N) is 1. The third kappa shape index (κ3) is 3.50. The van der Waals surface area contributed by atoms with Crippen molar-refractivity contribution in [3.05, 3.63) is 56.7 Å². The van der Waals surface area contributed by atoms with Crippen molar-refractivity contribution in [1.82, 2.24) is 9.59 Å². The Kier molecular flexibility index (Phi) is 5.00. The summed E-state index contributed by atoms with van der Waals surface area (Å²) in [5.41, 5.74) is 3.38. The summed E-state index contributed by atoms with van der Waals surface area (Å²) >= 11 is 2.55. The van der Waals surface area contributed by atoms with Crippen LogP contribution in [0.5, 0.6) is 0 Å². The van der Waals surface area contributed by atoms with Gasteiger partial charge in [0.05, 0.1) is 10.6 Å². The molecule has 1 aliphatic rings. The molecule has 0 bridgehead atoms. The SMILES string of the molecule is CCCc1nnsc1C(=O)Nc1ccc2c(c1)N(C(=O)c1cccs1)CC2. The number of thiophene rings is 1. The zero-order chi connectivity index (χ0) is 18.8. The summed E-state index contributed by atoms with van der Waals surface area (Å²) in [6, 6.07) is 9.44. The summed E-state index contributed by atoms with van der Waals surface area (Å²) in [6.07, 6.45) is 2.46. The summed E-state index contributed by atoms with van der Waals surface area (Å²) in [6.45, 7) is 2.70. The van der Waals surface area contributed by atoms with Crippen LogP contribution in [0.15, 0.2) is 35.7 Å². The fourth-order valence-corrected chi connectivity index (χ4v) is 4.45. The second kappa shape index (κ2) is 7.58. The minimum absolute atomic E-state index is 0.00381. The Hall–Kier alpha value is -2.58. The smallest absolute Gasteiger partial charge is 0.269 e. The normalized spacial score (nSPS) is 12.9. The molecule has 2 amide bonds. The number of carbonyl (C=O) groups is 2. The van der Waals surface area contributed by atoms with Crippen LogP contribution in [0.4, 0.5) is 11.4 Å².